The van der Waals surface area contributed by atoms with Gasteiger partial charge in [0.05, 0.1) is 22.4 Å². The molecule has 0 atom stereocenters. The molecule has 2 aromatic heterocycles. The second-order valence-corrected chi connectivity index (χ2v) is 42.0. The highest BCUT2D eigenvalue weighted by Crippen LogP contribution is 2.55. The molecular formula is C133H96N4Si. The van der Waals surface area contributed by atoms with E-state index in [1.54, 1.807) is 0 Å². The summed E-state index contributed by atoms with van der Waals surface area (Å²) in [4.78, 5) is 4.83. The van der Waals surface area contributed by atoms with Crippen molar-refractivity contribution in [3.05, 3.63) is 521 Å². The van der Waals surface area contributed by atoms with Crippen LogP contribution in [0.25, 0.3) is 188 Å². The van der Waals surface area contributed by atoms with Gasteiger partial charge >= 0.3 is 0 Å². The van der Waals surface area contributed by atoms with Crippen molar-refractivity contribution in [2.75, 3.05) is 9.80 Å². The lowest BCUT2D eigenvalue weighted by molar-refractivity contribution is 0.660. The fourth-order valence-electron chi connectivity index (χ4n) is 22.6. The van der Waals surface area contributed by atoms with Crippen LogP contribution in [-0.2, 0) is 5.41 Å². The number of fused-ring (bicyclic) bond motifs is 18. The van der Waals surface area contributed by atoms with Crippen LogP contribution in [0.3, 0.4) is 0 Å². The SMILES string of the molecule is CC1(C)c2ccccc2-c2ccc(N(c3ccc(-c4ccccc4)cc3)c3ccc(-c4ccc(-n5c(-c6ccccc6)c(-c6ccccc6)c6c7ccccc7c7ccccc7c65)cc4)cc3)cc21.C[Si]1(C)c2ccccc2-c2ccc(N(c3ccc(-c4ccccc4)cc3)c3ccc(-c4ccc(-n5c(-c6ccccc6)c(-c6ccccc6)c6c7ccccc7c7ccccc7c65)cc4)cc3)cc21. The Morgan fingerprint density at radius 3 is 0.841 bits per heavy atom. The van der Waals surface area contributed by atoms with Gasteiger partial charge < -0.3 is 18.9 Å². The maximum absolute atomic E-state index is 2.52. The first-order chi connectivity index (χ1) is 68.0. The Balaban J connectivity index is 0.000000146. The van der Waals surface area contributed by atoms with Crippen molar-refractivity contribution < 1.29 is 0 Å². The third-order valence-corrected chi connectivity index (χ3v) is 32.7. The number of hydrogen-bond donors (Lipinski definition) is 0. The molecule has 26 rings (SSSR count). The Labute approximate surface area is 806 Å². The zero-order valence-electron chi connectivity index (χ0n) is 77.3. The predicted octanol–water partition coefficient (Wildman–Crippen LogP) is 35.3. The summed E-state index contributed by atoms with van der Waals surface area (Å²) in [7, 11) is -1.90. The molecule has 0 saturated heterocycles. The molecular weight excluding hydrogens is 1680 g/mol. The first kappa shape index (κ1) is 82.7. The molecule has 1 aliphatic heterocycles. The van der Waals surface area contributed by atoms with Crippen molar-refractivity contribution >= 4 is 117 Å². The van der Waals surface area contributed by atoms with Gasteiger partial charge in [-0.05, 0) is 240 Å². The molecule has 0 spiro atoms. The lowest BCUT2D eigenvalue weighted by atomic mass is 9.82. The highest BCUT2D eigenvalue weighted by atomic mass is 28.3. The standard InChI is InChI=1S/C67H48N2.C66H48N2Si/c1-67(2)61-29-17-16-26-57(61)58-43-42-54(44-62(58)67)68(51-36-30-46(31-37-51)45-18-6-3-7-19-45)52-38-32-47(33-39-52)48-34-40-53(41-35-48)69-65(50-22-10-5-11-23-50)63(49-20-8-4-9-21-49)64-59-27-14-12-24-55(59)56-25-13-15-28-60(56)66(64)69;1-69(2)61-29-17-16-26-57(61)58-43-42-54(44-62(58)69)67(51-36-30-46(31-37-51)45-18-6-3-7-19-45)52-38-32-47(33-39-52)48-34-40-53(41-35-48)68-65(50-22-10-5-11-23-50)63(49-20-8-4-9-21-49)64-59-27-14-12-24-55(59)56-25-13-15-28-60(56)66(64)68/h2*3-44H,1-2H3. The summed E-state index contributed by atoms with van der Waals surface area (Å²) in [5, 5.41) is 15.6. The molecule has 24 aromatic rings. The monoisotopic (exact) mass is 1780 g/mol. The maximum Gasteiger partial charge on any atom is 0.113 e. The minimum atomic E-state index is -1.90. The number of anilines is 6. The highest BCUT2D eigenvalue weighted by molar-refractivity contribution is 7.03. The summed E-state index contributed by atoms with van der Waals surface area (Å²) in [6.07, 6.45) is 0. The van der Waals surface area contributed by atoms with Gasteiger partial charge in [0.25, 0.3) is 0 Å². The zero-order chi connectivity index (χ0) is 92.1. The van der Waals surface area contributed by atoms with E-state index in [0.29, 0.717) is 0 Å². The van der Waals surface area contributed by atoms with Crippen molar-refractivity contribution in [1.29, 1.82) is 0 Å². The average Bonchev–Trinajstić information content (AvgIpc) is 1.55. The van der Waals surface area contributed by atoms with Gasteiger partial charge in [0.1, 0.15) is 8.07 Å². The second kappa shape index (κ2) is 34.0. The number of benzene rings is 22. The van der Waals surface area contributed by atoms with Crippen LogP contribution in [0.1, 0.15) is 25.0 Å². The fourth-order valence-corrected chi connectivity index (χ4v) is 25.7. The van der Waals surface area contributed by atoms with Crippen LogP contribution in [0.4, 0.5) is 34.1 Å². The first-order valence-corrected chi connectivity index (χ1v) is 51.0. The summed E-state index contributed by atoms with van der Waals surface area (Å²) in [6.45, 7) is 9.70. The largest absolute Gasteiger partial charge is 0.311 e. The smallest absolute Gasteiger partial charge is 0.113 e. The van der Waals surface area contributed by atoms with E-state index < -0.39 is 8.07 Å². The summed E-state index contributed by atoms with van der Waals surface area (Å²) >= 11 is 0. The number of hydrogen-bond acceptors (Lipinski definition) is 2. The molecule has 0 unspecified atom stereocenters. The van der Waals surface area contributed by atoms with Crippen LogP contribution in [0, 0.1) is 0 Å². The summed E-state index contributed by atoms with van der Waals surface area (Å²) < 4.78 is 5.04. The minimum absolute atomic E-state index is 0.112. The topological polar surface area (TPSA) is 16.3 Å². The van der Waals surface area contributed by atoms with Crippen molar-refractivity contribution in [1.82, 2.24) is 9.13 Å². The molecule has 0 N–H and O–H groups in total. The van der Waals surface area contributed by atoms with Crippen LogP contribution in [0.5, 0.6) is 0 Å². The summed E-state index contributed by atoms with van der Waals surface area (Å²) in [5.41, 5.74) is 38.6. The number of aromatic nitrogens is 2. The molecule has 0 amide bonds. The molecule has 0 saturated carbocycles. The van der Waals surface area contributed by atoms with E-state index >= 15 is 0 Å². The Morgan fingerprint density at radius 1 is 0.196 bits per heavy atom. The molecule has 3 heterocycles. The van der Waals surface area contributed by atoms with Crippen LogP contribution >= 0.6 is 0 Å². The Kier molecular flexibility index (Phi) is 20.4. The zero-order valence-corrected chi connectivity index (χ0v) is 78.3. The lowest BCUT2D eigenvalue weighted by Gasteiger charge is -2.28. The van der Waals surface area contributed by atoms with E-state index in [-0.39, 0.29) is 5.41 Å². The third kappa shape index (κ3) is 14.0. The van der Waals surface area contributed by atoms with Crippen LogP contribution in [0.2, 0.25) is 13.1 Å². The molecule has 0 bridgehead atoms. The molecule has 138 heavy (non-hydrogen) atoms. The van der Waals surface area contributed by atoms with E-state index in [0.717, 1.165) is 50.9 Å². The van der Waals surface area contributed by atoms with Crippen molar-refractivity contribution in [2.45, 2.75) is 32.4 Å². The molecule has 2 aliphatic rings. The molecule has 1 aliphatic carbocycles. The van der Waals surface area contributed by atoms with Crippen molar-refractivity contribution in [3.63, 3.8) is 0 Å². The Morgan fingerprint density at radius 2 is 0.457 bits per heavy atom. The van der Waals surface area contributed by atoms with E-state index in [1.165, 1.54) is 192 Å². The quantitative estimate of drug-likeness (QED) is 0.0708. The predicted molar refractivity (Wildman–Crippen MR) is 589 cm³/mol. The molecule has 5 heteroatoms. The molecule has 0 radical (unpaired) electrons. The van der Waals surface area contributed by atoms with Gasteiger partial charge in [0.2, 0.25) is 0 Å². The van der Waals surface area contributed by atoms with Gasteiger partial charge in [0.15, 0.2) is 0 Å². The van der Waals surface area contributed by atoms with Gasteiger partial charge in [-0.25, -0.2) is 0 Å². The van der Waals surface area contributed by atoms with Gasteiger partial charge in [-0.15, -0.1) is 0 Å². The van der Waals surface area contributed by atoms with E-state index in [4.69, 9.17) is 0 Å². The number of nitrogens with zero attached hydrogens (tertiary/aromatic N) is 4. The maximum atomic E-state index is 2.52. The molecule has 0 fully saturated rings. The Bertz CT molecular complexity index is 8260. The van der Waals surface area contributed by atoms with E-state index in [9.17, 15) is 0 Å². The van der Waals surface area contributed by atoms with Crippen LogP contribution < -0.4 is 20.2 Å². The van der Waals surface area contributed by atoms with Crippen LogP contribution in [-0.4, -0.2) is 17.2 Å². The van der Waals surface area contributed by atoms with Crippen LogP contribution in [0.15, 0.2) is 510 Å². The Hall–Kier alpha value is -17.2. The molecule has 4 nitrogen and oxygen atoms in total. The molecule has 652 valence electrons. The van der Waals surface area contributed by atoms with Gasteiger partial charge in [0, 0.05) is 83.6 Å². The van der Waals surface area contributed by atoms with Gasteiger partial charge in [-0.3, -0.25) is 0 Å². The summed E-state index contributed by atoms with van der Waals surface area (Å²) in [5.74, 6) is 0. The molecule has 22 aromatic carbocycles. The van der Waals surface area contributed by atoms with Gasteiger partial charge in [-0.1, -0.05) is 439 Å². The minimum Gasteiger partial charge on any atom is -0.311 e. The number of rotatable bonds is 16. The summed E-state index contributed by atoms with van der Waals surface area (Å²) in [6, 6.07) is 187. The fraction of sp³-hybridized carbons (Fsp3) is 0.0376. The second-order valence-electron chi connectivity index (χ2n) is 37.7. The first-order valence-electron chi connectivity index (χ1n) is 48.0. The van der Waals surface area contributed by atoms with Crippen molar-refractivity contribution in [2.24, 2.45) is 0 Å². The van der Waals surface area contributed by atoms with Crippen molar-refractivity contribution in [3.8, 4) is 123 Å². The third-order valence-electron chi connectivity index (χ3n) is 29.2. The lowest BCUT2D eigenvalue weighted by Crippen LogP contribution is -2.49. The van der Waals surface area contributed by atoms with E-state index in [2.05, 4.69) is 555 Å². The van der Waals surface area contributed by atoms with E-state index in [1.807, 2.05) is 0 Å². The highest BCUT2D eigenvalue weighted by Gasteiger charge is 2.39. The average molecular weight is 1780 g/mol. The normalized spacial score (nSPS) is 12.6. The van der Waals surface area contributed by atoms with Gasteiger partial charge in [-0.2, -0.15) is 0 Å².